The van der Waals surface area contributed by atoms with Crippen molar-refractivity contribution >= 4 is 11.3 Å². The smallest absolute Gasteiger partial charge is 0.0937 e. The molecule has 0 spiro atoms. The minimum atomic E-state index is -0.249. The summed E-state index contributed by atoms with van der Waals surface area (Å²) in [6.07, 6.45) is 2.55. The second-order valence-electron chi connectivity index (χ2n) is 3.29. The van der Waals surface area contributed by atoms with E-state index in [4.69, 9.17) is 5.11 Å². The van der Waals surface area contributed by atoms with E-state index in [9.17, 15) is 0 Å². The van der Waals surface area contributed by atoms with Crippen molar-refractivity contribution in [2.45, 2.75) is 19.4 Å². The van der Waals surface area contributed by atoms with Gasteiger partial charge in [-0.3, -0.25) is 0 Å². The van der Waals surface area contributed by atoms with Crippen LogP contribution in [-0.2, 0) is 6.42 Å². The van der Waals surface area contributed by atoms with Gasteiger partial charge in [-0.25, -0.2) is 4.98 Å². The number of rotatable bonds is 5. The molecule has 0 fully saturated rings. The number of likely N-dealkylation sites (N-methyl/N-ethyl adjacent to an activating group) is 1. The summed E-state index contributed by atoms with van der Waals surface area (Å²) in [5.41, 5.74) is 0. The van der Waals surface area contributed by atoms with Crippen LogP contribution in [0.5, 0.6) is 0 Å². The van der Waals surface area contributed by atoms with Gasteiger partial charge in [0.25, 0.3) is 0 Å². The van der Waals surface area contributed by atoms with Crippen LogP contribution in [0.3, 0.4) is 0 Å². The van der Waals surface area contributed by atoms with Crippen LogP contribution in [0.2, 0.25) is 0 Å². The fourth-order valence-corrected chi connectivity index (χ4v) is 1.81. The summed E-state index contributed by atoms with van der Waals surface area (Å²) < 4.78 is 0. The molecule has 13 heavy (non-hydrogen) atoms. The number of nitrogens with zero attached hydrogens (tertiary/aromatic N) is 2. The molecule has 0 aliphatic rings. The lowest BCUT2D eigenvalue weighted by atomic mass is 10.3. The van der Waals surface area contributed by atoms with E-state index in [-0.39, 0.29) is 6.10 Å². The Hall–Kier alpha value is -0.450. The molecular weight excluding hydrogens is 184 g/mol. The van der Waals surface area contributed by atoms with Crippen molar-refractivity contribution in [3.63, 3.8) is 0 Å². The zero-order chi connectivity index (χ0) is 9.68. The summed E-state index contributed by atoms with van der Waals surface area (Å²) >= 11 is 1.68. The Morgan fingerprint density at radius 2 is 2.46 bits per heavy atom. The van der Waals surface area contributed by atoms with Gasteiger partial charge in [0, 0.05) is 31.1 Å². The number of aliphatic hydroxyl groups excluding tert-OH is 1. The molecule has 0 aliphatic carbocycles. The minimum absolute atomic E-state index is 0.249. The average molecular weight is 200 g/mol. The van der Waals surface area contributed by atoms with Gasteiger partial charge in [-0.2, -0.15) is 0 Å². The maximum atomic E-state index is 9.13. The molecule has 0 saturated carbocycles. The van der Waals surface area contributed by atoms with Crippen LogP contribution in [0, 0.1) is 0 Å². The Bertz CT molecular complexity index is 224. The SMILES string of the molecule is C[C@H](O)CN(C)CCc1nccs1. The fraction of sp³-hybridized carbons (Fsp3) is 0.667. The van der Waals surface area contributed by atoms with Crippen molar-refractivity contribution in [3.05, 3.63) is 16.6 Å². The van der Waals surface area contributed by atoms with Gasteiger partial charge in [-0.1, -0.05) is 0 Å². The first-order valence-electron chi connectivity index (χ1n) is 4.43. The van der Waals surface area contributed by atoms with Gasteiger partial charge < -0.3 is 10.0 Å². The van der Waals surface area contributed by atoms with E-state index in [1.165, 1.54) is 0 Å². The summed E-state index contributed by atoms with van der Waals surface area (Å²) in [4.78, 5) is 6.31. The first kappa shape index (κ1) is 10.6. The summed E-state index contributed by atoms with van der Waals surface area (Å²) in [7, 11) is 2.01. The van der Waals surface area contributed by atoms with Gasteiger partial charge in [0.05, 0.1) is 11.1 Å². The number of thiazole rings is 1. The lowest BCUT2D eigenvalue weighted by molar-refractivity contribution is 0.142. The maximum absolute atomic E-state index is 9.13. The number of aromatic nitrogens is 1. The van der Waals surface area contributed by atoms with Crippen LogP contribution in [0.4, 0.5) is 0 Å². The Kier molecular flexibility index (Phi) is 4.35. The molecule has 1 atom stereocenters. The summed E-state index contributed by atoms with van der Waals surface area (Å²) in [5, 5.41) is 12.3. The van der Waals surface area contributed by atoms with E-state index >= 15 is 0 Å². The standard InChI is InChI=1S/C9H16N2OS/c1-8(12)7-11(2)5-3-9-10-4-6-13-9/h4,6,8,12H,3,5,7H2,1-2H3/t8-/m0/s1. The molecule has 0 aliphatic heterocycles. The molecule has 0 unspecified atom stereocenters. The molecule has 0 aromatic carbocycles. The van der Waals surface area contributed by atoms with Gasteiger partial charge in [-0.05, 0) is 14.0 Å². The Labute approximate surface area is 83.0 Å². The highest BCUT2D eigenvalue weighted by Gasteiger charge is 2.03. The third-order valence-corrected chi connectivity index (χ3v) is 2.61. The third kappa shape index (κ3) is 4.36. The predicted molar refractivity (Wildman–Crippen MR) is 55.0 cm³/mol. The highest BCUT2D eigenvalue weighted by molar-refractivity contribution is 7.09. The topological polar surface area (TPSA) is 36.4 Å². The Morgan fingerprint density at radius 3 is 3.00 bits per heavy atom. The van der Waals surface area contributed by atoms with Crippen LogP contribution >= 0.6 is 11.3 Å². The van der Waals surface area contributed by atoms with E-state index in [0.717, 1.165) is 24.5 Å². The predicted octanol–water partition coefficient (Wildman–Crippen LogP) is 0.998. The van der Waals surface area contributed by atoms with Crippen molar-refractivity contribution in [2.75, 3.05) is 20.1 Å². The summed E-state index contributed by atoms with van der Waals surface area (Å²) in [5.74, 6) is 0. The second-order valence-corrected chi connectivity index (χ2v) is 4.27. The monoisotopic (exact) mass is 200 g/mol. The molecule has 0 amide bonds. The molecule has 74 valence electrons. The first-order valence-corrected chi connectivity index (χ1v) is 5.31. The maximum Gasteiger partial charge on any atom is 0.0937 e. The minimum Gasteiger partial charge on any atom is -0.392 e. The second kappa shape index (κ2) is 5.32. The number of hydrogen-bond donors (Lipinski definition) is 1. The summed E-state index contributed by atoms with van der Waals surface area (Å²) in [6.45, 7) is 3.49. The van der Waals surface area contributed by atoms with Crippen molar-refractivity contribution in [1.29, 1.82) is 0 Å². The van der Waals surface area contributed by atoms with E-state index in [2.05, 4.69) is 9.88 Å². The van der Waals surface area contributed by atoms with Crippen LogP contribution in [-0.4, -0.2) is 41.2 Å². The molecule has 1 N–H and O–H groups in total. The van der Waals surface area contributed by atoms with Crippen molar-refractivity contribution < 1.29 is 5.11 Å². The normalized spacial score (nSPS) is 13.5. The van der Waals surface area contributed by atoms with Crippen molar-refractivity contribution in [2.24, 2.45) is 0 Å². The van der Waals surface area contributed by atoms with Gasteiger partial charge in [0.15, 0.2) is 0 Å². The highest BCUT2D eigenvalue weighted by Crippen LogP contribution is 2.05. The highest BCUT2D eigenvalue weighted by atomic mass is 32.1. The molecule has 3 nitrogen and oxygen atoms in total. The molecule has 0 radical (unpaired) electrons. The van der Waals surface area contributed by atoms with Crippen LogP contribution in [0.15, 0.2) is 11.6 Å². The lowest BCUT2D eigenvalue weighted by Crippen LogP contribution is -2.29. The van der Waals surface area contributed by atoms with Gasteiger partial charge in [0.1, 0.15) is 0 Å². The lowest BCUT2D eigenvalue weighted by Gasteiger charge is -2.17. The zero-order valence-corrected chi connectivity index (χ0v) is 8.92. The quantitative estimate of drug-likeness (QED) is 0.770. The van der Waals surface area contributed by atoms with Crippen LogP contribution in [0.25, 0.3) is 0 Å². The Morgan fingerprint density at radius 1 is 1.69 bits per heavy atom. The molecule has 1 aromatic heterocycles. The molecule has 1 rings (SSSR count). The van der Waals surface area contributed by atoms with Gasteiger partial charge in [0.2, 0.25) is 0 Å². The average Bonchev–Trinajstić information content (AvgIpc) is 2.51. The van der Waals surface area contributed by atoms with Gasteiger partial charge >= 0.3 is 0 Å². The van der Waals surface area contributed by atoms with E-state index in [1.807, 2.05) is 18.6 Å². The Balaban J connectivity index is 2.19. The molecule has 4 heteroatoms. The first-order chi connectivity index (χ1) is 6.18. The number of hydrogen-bond acceptors (Lipinski definition) is 4. The fourth-order valence-electron chi connectivity index (χ4n) is 1.21. The molecule has 1 heterocycles. The van der Waals surface area contributed by atoms with E-state index < -0.39 is 0 Å². The zero-order valence-electron chi connectivity index (χ0n) is 8.10. The van der Waals surface area contributed by atoms with Gasteiger partial charge in [-0.15, -0.1) is 11.3 Å². The third-order valence-electron chi connectivity index (χ3n) is 1.77. The molecule has 0 bridgehead atoms. The molecule has 0 saturated heterocycles. The van der Waals surface area contributed by atoms with Crippen molar-refractivity contribution in [3.8, 4) is 0 Å². The van der Waals surface area contributed by atoms with E-state index in [1.54, 1.807) is 18.3 Å². The summed E-state index contributed by atoms with van der Waals surface area (Å²) in [6, 6.07) is 0. The van der Waals surface area contributed by atoms with E-state index in [0.29, 0.717) is 0 Å². The van der Waals surface area contributed by atoms with Crippen LogP contribution in [0.1, 0.15) is 11.9 Å². The van der Waals surface area contributed by atoms with Crippen molar-refractivity contribution in [1.82, 2.24) is 9.88 Å². The molecule has 1 aromatic rings. The molecular formula is C9H16N2OS. The van der Waals surface area contributed by atoms with Crippen LogP contribution < -0.4 is 0 Å². The largest absolute Gasteiger partial charge is 0.392 e. The number of aliphatic hydroxyl groups is 1.